The minimum atomic E-state index is -0.146. The van der Waals surface area contributed by atoms with E-state index in [4.69, 9.17) is 11.6 Å². The molecule has 1 atom stereocenters. The van der Waals surface area contributed by atoms with E-state index >= 15 is 0 Å². The number of hydrogen-bond acceptors (Lipinski definition) is 4. The van der Waals surface area contributed by atoms with Crippen molar-refractivity contribution in [2.75, 3.05) is 5.32 Å². The lowest BCUT2D eigenvalue weighted by Crippen LogP contribution is -2.25. The second-order valence-corrected chi connectivity index (χ2v) is 6.54. The SMILES string of the molecule is Cc1nn(C)c(Cl)c1[C@@H]1CC(=O)Nc2c1cnn2Cc1cccnc1. The van der Waals surface area contributed by atoms with E-state index in [0.29, 0.717) is 23.9 Å². The highest BCUT2D eigenvalue weighted by atomic mass is 35.5. The predicted molar refractivity (Wildman–Crippen MR) is 93.6 cm³/mol. The summed E-state index contributed by atoms with van der Waals surface area (Å²) in [6, 6.07) is 3.86. The van der Waals surface area contributed by atoms with Crippen molar-refractivity contribution in [3.63, 3.8) is 0 Å². The summed E-state index contributed by atoms with van der Waals surface area (Å²) in [6.07, 6.45) is 5.65. The van der Waals surface area contributed by atoms with Crippen LogP contribution < -0.4 is 5.32 Å². The summed E-state index contributed by atoms with van der Waals surface area (Å²) in [7, 11) is 1.80. The van der Waals surface area contributed by atoms with Crippen molar-refractivity contribution in [3.05, 3.63) is 58.3 Å². The molecular formula is C17H17ClN6O. The maximum atomic E-state index is 12.3. The Hall–Kier alpha value is -2.67. The number of fused-ring (bicyclic) bond motifs is 1. The van der Waals surface area contributed by atoms with Gasteiger partial charge in [0.05, 0.1) is 18.4 Å². The molecule has 128 valence electrons. The standard InChI is InChI=1S/C17H17ClN6O/c1-10-15(16(18)23(2)22-10)12-6-14(25)21-17-13(12)8-20-24(17)9-11-4-3-5-19-7-11/h3-5,7-8,12H,6,9H2,1-2H3,(H,21,25)/t12-/m1/s1. The fourth-order valence-electron chi connectivity index (χ4n) is 3.35. The Kier molecular flexibility index (Phi) is 3.80. The van der Waals surface area contributed by atoms with Gasteiger partial charge in [-0.2, -0.15) is 10.2 Å². The van der Waals surface area contributed by atoms with Gasteiger partial charge in [-0.3, -0.25) is 14.5 Å². The molecule has 3 aromatic rings. The molecule has 1 aliphatic heterocycles. The van der Waals surface area contributed by atoms with Gasteiger partial charge < -0.3 is 5.32 Å². The van der Waals surface area contributed by atoms with Gasteiger partial charge in [-0.25, -0.2) is 4.68 Å². The maximum absolute atomic E-state index is 12.3. The summed E-state index contributed by atoms with van der Waals surface area (Å²) < 4.78 is 3.43. The molecule has 0 bridgehead atoms. The van der Waals surface area contributed by atoms with Crippen molar-refractivity contribution < 1.29 is 4.79 Å². The fraction of sp³-hybridized carbons (Fsp3) is 0.294. The van der Waals surface area contributed by atoms with E-state index in [9.17, 15) is 4.79 Å². The maximum Gasteiger partial charge on any atom is 0.226 e. The number of pyridine rings is 1. The Morgan fingerprint density at radius 2 is 2.24 bits per heavy atom. The molecule has 4 heterocycles. The highest BCUT2D eigenvalue weighted by Gasteiger charge is 2.33. The van der Waals surface area contributed by atoms with Crippen molar-refractivity contribution in [1.29, 1.82) is 0 Å². The second-order valence-electron chi connectivity index (χ2n) is 6.19. The minimum absolute atomic E-state index is 0.0512. The van der Waals surface area contributed by atoms with Gasteiger partial charge in [0.15, 0.2) is 0 Å². The Balaban J connectivity index is 1.76. The number of carbonyl (C=O) groups is 1. The topological polar surface area (TPSA) is 77.6 Å². The van der Waals surface area contributed by atoms with E-state index in [0.717, 1.165) is 22.4 Å². The number of amides is 1. The number of hydrogen-bond donors (Lipinski definition) is 1. The van der Waals surface area contributed by atoms with E-state index in [1.807, 2.05) is 19.1 Å². The summed E-state index contributed by atoms with van der Waals surface area (Å²) in [4.78, 5) is 16.4. The molecule has 0 saturated carbocycles. The van der Waals surface area contributed by atoms with Crippen molar-refractivity contribution in [3.8, 4) is 0 Å². The molecule has 7 nitrogen and oxygen atoms in total. The number of aryl methyl sites for hydroxylation is 2. The quantitative estimate of drug-likeness (QED) is 0.782. The van der Waals surface area contributed by atoms with Crippen LogP contribution in [-0.4, -0.2) is 30.5 Å². The van der Waals surface area contributed by atoms with Crippen LogP contribution in [0.2, 0.25) is 5.15 Å². The second kappa shape index (κ2) is 6.00. The van der Waals surface area contributed by atoms with Gasteiger partial charge in [0.2, 0.25) is 5.91 Å². The van der Waals surface area contributed by atoms with Gasteiger partial charge >= 0.3 is 0 Å². The number of nitrogens with one attached hydrogen (secondary N) is 1. The van der Waals surface area contributed by atoms with Crippen molar-refractivity contribution in [2.45, 2.75) is 25.8 Å². The lowest BCUT2D eigenvalue weighted by Gasteiger charge is -2.23. The van der Waals surface area contributed by atoms with Crippen molar-refractivity contribution in [2.24, 2.45) is 7.05 Å². The third-order valence-corrected chi connectivity index (χ3v) is 4.94. The summed E-state index contributed by atoms with van der Waals surface area (Å²) >= 11 is 6.43. The van der Waals surface area contributed by atoms with Crippen molar-refractivity contribution in [1.82, 2.24) is 24.5 Å². The summed E-state index contributed by atoms with van der Waals surface area (Å²) in [5, 5.41) is 12.4. The smallest absolute Gasteiger partial charge is 0.226 e. The monoisotopic (exact) mass is 356 g/mol. The van der Waals surface area contributed by atoms with Crippen LogP contribution in [0.4, 0.5) is 5.82 Å². The van der Waals surface area contributed by atoms with E-state index < -0.39 is 0 Å². The van der Waals surface area contributed by atoms with Gasteiger partial charge in [0.25, 0.3) is 0 Å². The zero-order valence-corrected chi connectivity index (χ0v) is 14.7. The largest absolute Gasteiger partial charge is 0.311 e. The van der Waals surface area contributed by atoms with E-state index in [2.05, 4.69) is 20.5 Å². The highest BCUT2D eigenvalue weighted by molar-refractivity contribution is 6.30. The average Bonchev–Trinajstić information content (AvgIpc) is 3.09. The molecule has 0 fully saturated rings. The first kappa shape index (κ1) is 15.8. The summed E-state index contributed by atoms with van der Waals surface area (Å²) in [6.45, 7) is 2.45. The number of nitrogens with zero attached hydrogens (tertiary/aromatic N) is 5. The summed E-state index contributed by atoms with van der Waals surface area (Å²) in [5.74, 6) is 0.516. The van der Waals surface area contributed by atoms with Crippen LogP contribution >= 0.6 is 11.6 Å². The Labute approximate surface area is 149 Å². The molecule has 1 aliphatic rings. The lowest BCUT2D eigenvalue weighted by atomic mass is 9.87. The minimum Gasteiger partial charge on any atom is -0.311 e. The van der Waals surface area contributed by atoms with E-state index in [1.165, 1.54) is 0 Å². The highest BCUT2D eigenvalue weighted by Crippen LogP contribution is 2.41. The normalized spacial score (nSPS) is 16.6. The first-order valence-corrected chi connectivity index (χ1v) is 8.36. The third kappa shape index (κ3) is 2.70. The molecule has 0 aromatic carbocycles. The molecule has 1 amide bonds. The Bertz CT molecular complexity index is 946. The van der Waals surface area contributed by atoms with Crippen LogP contribution in [0.3, 0.4) is 0 Å². The number of carbonyl (C=O) groups excluding carboxylic acids is 1. The van der Waals surface area contributed by atoms with E-state index in [-0.39, 0.29) is 11.8 Å². The van der Waals surface area contributed by atoms with Gasteiger partial charge in [0, 0.05) is 42.9 Å². The number of aromatic nitrogens is 5. The molecule has 3 aromatic heterocycles. The zero-order valence-electron chi connectivity index (χ0n) is 13.9. The molecule has 8 heteroatoms. The number of anilines is 1. The summed E-state index contributed by atoms with van der Waals surface area (Å²) in [5.41, 5.74) is 3.70. The molecule has 4 rings (SSSR count). The lowest BCUT2D eigenvalue weighted by molar-refractivity contribution is -0.116. The molecule has 0 radical (unpaired) electrons. The van der Waals surface area contributed by atoms with Crippen LogP contribution in [0.1, 0.15) is 34.7 Å². The van der Waals surface area contributed by atoms with Crippen LogP contribution in [0.15, 0.2) is 30.7 Å². The molecule has 0 unspecified atom stereocenters. The van der Waals surface area contributed by atoms with Crippen LogP contribution in [0, 0.1) is 6.92 Å². The zero-order chi connectivity index (χ0) is 17.6. The first-order valence-electron chi connectivity index (χ1n) is 7.98. The molecule has 1 N–H and O–H groups in total. The van der Waals surface area contributed by atoms with Crippen LogP contribution in [0.5, 0.6) is 0 Å². The Morgan fingerprint density at radius 3 is 2.92 bits per heavy atom. The molecule has 0 aliphatic carbocycles. The fourth-order valence-corrected chi connectivity index (χ4v) is 3.66. The molecular weight excluding hydrogens is 340 g/mol. The van der Waals surface area contributed by atoms with Crippen LogP contribution in [0.25, 0.3) is 0 Å². The third-order valence-electron chi connectivity index (χ3n) is 4.49. The van der Waals surface area contributed by atoms with Gasteiger partial charge in [0.1, 0.15) is 11.0 Å². The van der Waals surface area contributed by atoms with Crippen LogP contribution in [-0.2, 0) is 18.4 Å². The number of halogens is 1. The first-order chi connectivity index (χ1) is 12.0. The number of rotatable bonds is 3. The van der Waals surface area contributed by atoms with Gasteiger partial charge in [-0.15, -0.1) is 0 Å². The molecule has 25 heavy (non-hydrogen) atoms. The van der Waals surface area contributed by atoms with Crippen molar-refractivity contribution >= 4 is 23.3 Å². The molecule has 0 saturated heterocycles. The average molecular weight is 357 g/mol. The Morgan fingerprint density at radius 1 is 1.40 bits per heavy atom. The van der Waals surface area contributed by atoms with Gasteiger partial charge in [-0.1, -0.05) is 17.7 Å². The molecule has 0 spiro atoms. The van der Waals surface area contributed by atoms with E-state index in [1.54, 1.807) is 35.0 Å². The van der Waals surface area contributed by atoms with Gasteiger partial charge in [-0.05, 0) is 18.6 Å². The predicted octanol–water partition coefficient (Wildman–Crippen LogP) is 2.50.